The molecule has 0 fully saturated rings. The minimum Gasteiger partial charge on any atom is -0.0683 e. The fourth-order valence-electron chi connectivity index (χ4n) is 5.64. The Morgan fingerprint density at radius 1 is 0.769 bits per heavy atom. The summed E-state index contributed by atoms with van der Waals surface area (Å²) in [6, 6.07) is 11.9. The average molecular weight is 349 g/mol. The normalized spacial score (nSPS) is 21.6. The van der Waals surface area contributed by atoms with Gasteiger partial charge >= 0.3 is 0 Å². The highest BCUT2D eigenvalue weighted by Gasteiger charge is 2.48. The van der Waals surface area contributed by atoms with Gasteiger partial charge in [-0.1, -0.05) is 85.7 Å². The number of hydrogen-bond acceptors (Lipinski definition) is 0. The molecule has 0 bridgehead atoms. The van der Waals surface area contributed by atoms with Crippen LogP contribution < -0.4 is 0 Å². The maximum absolute atomic E-state index is 2.48. The lowest BCUT2D eigenvalue weighted by molar-refractivity contribution is 0.363. The van der Waals surface area contributed by atoms with Crippen LogP contribution in [-0.4, -0.2) is 0 Å². The first-order valence-electron chi connectivity index (χ1n) is 10.7. The van der Waals surface area contributed by atoms with Crippen molar-refractivity contribution in [3.63, 3.8) is 0 Å². The zero-order chi connectivity index (χ0) is 19.3. The van der Waals surface area contributed by atoms with Gasteiger partial charge < -0.3 is 0 Å². The third-order valence-electron chi connectivity index (χ3n) is 6.85. The van der Waals surface area contributed by atoms with Crippen LogP contribution in [0.3, 0.4) is 0 Å². The van der Waals surface area contributed by atoms with E-state index in [2.05, 4.69) is 58.0 Å². The molecule has 5 rings (SSSR count). The summed E-state index contributed by atoms with van der Waals surface area (Å²) in [6.07, 6.45) is 3.96. The van der Waals surface area contributed by atoms with E-state index in [1.807, 2.05) is 27.7 Å². The van der Waals surface area contributed by atoms with Gasteiger partial charge in [0.25, 0.3) is 0 Å². The summed E-state index contributed by atoms with van der Waals surface area (Å²) in [7, 11) is 0. The molecular weight excluding hydrogens is 312 g/mol. The van der Waals surface area contributed by atoms with E-state index in [9.17, 15) is 0 Å². The van der Waals surface area contributed by atoms with E-state index in [1.165, 1.54) is 19.3 Å². The highest BCUT2D eigenvalue weighted by atomic mass is 14.5. The third kappa shape index (κ3) is 2.27. The minimum atomic E-state index is 0.151. The van der Waals surface area contributed by atoms with Crippen molar-refractivity contribution in [3.8, 4) is 11.1 Å². The largest absolute Gasteiger partial charge is 0.0683 e. The molecule has 0 N–H and O–H groups in total. The van der Waals surface area contributed by atoms with Crippen molar-refractivity contribution < 1.29 is 0 Å². The highest BCUT2D eigenvalue weighted by molar-refractivity contribution is 5.89. The Labute approximate surface area is 161 Å². The third-order valence-corrected chi connectivity index (χ3v) is 6.85. The molecule has 0 heterocycles. The summed E-state index contributed by atoms with van der Waals surface area (Å²) in [6.45, 7) is 17.8. The maximum Gasteiger partial charge on any atom is 0.0159 e. The minimum absolute atomic E-state index is 0.151. The Hall–Kier alpha value is -1.56. The van der Waals surface area contributed by atoms with Crippen LogP contribution in [0.5, 0.6) is 0 Å². The summed E-state index contributed by atoms with van der Waals surface area (Å²) >= 11 is 0. The second-order valence-corrected chi connectivity index (χ2v) is 8.58. The van der Waals surface area contributed by atoms with Crippen LogP contribution in [0.25, 0.3) is 11.1 Å². The number of aryl methyl sites for hydroxylation is 1. The molecule has 0 nitrogen and oxygen atoms in total. The lowest BCUT2D eigenvalue weighted by Crippen LogP contribution is -2.34. The van der Waals surface area contributed by atoms with Crippen LogP contribution in [0.2, 0.25) is 0 Å². The Kier molecular flexibility index (Phi) is 4.84. The lowest BCUT2D eigenvalue weighted by atomic mass is 9.59. The SMILES string of the molecule is CC.CC.CC1(C)c2cccc3c2-c2c1ccc1c2C(CCC1)C3(C)C. The second-order valence-electron chi connectivity index (χ2n) is 8.58. The molecule has 0 heteroatoms. The van der Waals surface area contributed by atoms with Gasteiger partial charge in [-0.2, -0.15) is 0 Å². The predicted octanol–water partition coefficient (Wildman–Crippen LogP) is 7.76. The summed E-state index contributed by atoms with van der Waals surface area (Å²) < 4.78 is 0. The predicted molar refractivity (Wildman–Crippen MR) is 115 cm³/mol. The first-order valence-corrected chi connectivity index (χ1v) is 10.7. The Balaban J connectivity index is 0.000000461. The topological polar surface area (TPSA) is 0 Å². The number of benzene rings is 2. The van der Waals surface area contributed by atoms with E-state index >= 15 is 0 Å². The van der Waals surface area contributed by atoms with Gasteiger partial charge in [-0.15, -0.1) is 0 Å². The van der Waals surface area contributed by atoms with Crippen LogP contribution >= 0.6 is 0 Å². The zero-order valence-electron chi connectivity index (χ0n) is 18.1. The van der Waals surface area contributed by atoms with Crippen molar-refractivity contribution in [3.05, 3.63) is 58.1 Å². The van der Waals surface area contributed by atoms with Crippen LogP contribution in [-0.2, 0) is 17.3 Å². The van der Waals surface area contributed by atoms with Crippen molar-refractivity contribution in [2.24, 2.45) is 0 Å². The van der Waals surface area contributed by atoms with E-state index < -0.39 is 0 Å². The smallest absolute Gasteiger partial charge is 0.0159 e. The van der Waals surface area contributed by atoms with Gasteiger partial charge in [-0.3, -0.25) is 0 Å². The summed E-state index contributed by atoms with van der Waals surface area (Å²) in [5, 5.41) is 0. The fraction of sp³-hybridized carbons (Fsp3) is 0.538. The van der Waals surface area contributed by atoms with E-state index in [1.54, 1.807) is 38.9 Å². The molecule has 2 aromatic carbocycles. The fourth-order valence-corrected chi connectivity index (χ4v) is 5.64. The Bertz CT molecular complexity index is 820. The van der Waals surface area contributed by atoms with Gasteiger partial charge in [0.2, 0.25) is 0 Å². The van der Waals surface area contributed by atoms with Crippen molar-refractivity contribution >= 4 is 0 Å². The lowest BCUT2D eigenvalue weighted by Gasteiger charge is -2.45. The van der Waals surface area contributed by atoms with Crippen LogP contribution in [0, 0.1) is 0 Å². The van der Waals surface area contributed by atoms with Crippen molar-refractivity contribution in [1.29, 1.82) is 0 Å². The van der Waals surface area contributed by atoms with Crippen LogP contribution in [0.15, 0.2) is 30.3 Å². The molecule has 0 radical (unpaired) electrons. The first-order chi connectivity index (χ1) is 12.4. The summed E-state index contributed by atoms with van der Waals surface area (Å²) in [4.78, 5) is 0. The molecule has 1 atom stereocenters. The molecule has 0 saturated heterocycles. The molecule has 3 aliphatic carbocycles. The zero-order valence-corrected chi connectivity index (χ0v) is 18.1. The van der Waals surface area contributed by atoms with Gasteiger partial charge in [0, 0.05) is 5.41 Å². The maximum atomic E-state index is 2.48. The van der Waals surface area contributed by atoms with E-state index in [0.717, 1.165) is 0 Å². The molecule has 0 amide bonds. The van der Waals surface area contributed by atoms with Gasteiger partial charge in [0.1, 0.15) is 0 Å². The molecular formula is C26H36. The van der Waals surface area contributed by atoms with E-state index in [4.69, 9.17) is 0 Å². The second kappa shape index (κ2) is 6.55. The molecule has 26 heavy (non-hydrogen) atoms. The Morgan fingerprint density at radius 2 is 1.38 bits per heavy atom. The average Bonchev–Trinajstić information content (AvgIpc) is 2.91. The van der Waals surface area contributed by atoms with Gasteiger partial charge in [-0.05, 0) is 69.5 Å². The molecule has 2 aromatic rings. The summed E-state index contributed by atoms with van der Waals surface area (Å²) in [5.74, 6) is 0.697. The number of rotatable bonds is 0. The molecule has 0 spiro atoms. The van der Waals surface area contributed by atoms with E-state index in [-0.39, 0.29) is 10.8 Å². The standard InChI is InChI=1S/C22H24.2C2H6/c1-21(2)14-8-5-7-13-11-12-17-20(18(13)14)19-15(21)9-6-10-16(19)22(17,3)4;2*1-2/h6,9-12,14H,5,7-8H2,1-4H3;2*1-2H3. The van der Waals surface area contributed by atoms with Gasteiger partial charge in [-0.25, -0.2) is 0 Å². The Morgan fingerprint density at radius 3 is 2.08 bits per heavy atom. The highest BCUT2D eigenvalue weighted by Crippen LogP contribution is 2.62. The molecule has 140 valence electrons. The van der Waals surface area contributed by atoms with Gasteiger partial charge in [0.05, 0.1) is 0 Å². The van der Waals surface area contributed by atoms with Gasteiger partial charge in [0.15, 0.2) is 0 Å². The first kappa shape index (κ1) is 19.2. The molecule has 1 unspecified atom stereocenters. The molecule has 3 aliphatic rings. The summed E-state index contributed by atoms with van der Waals surface area (Å²) in [5.41, 5.74) is 11.7. The van der Waals surface area contributed by atoms with Crippen molar-refractivity contribution in [1.82, 2.24) is 0 Å². The van der Waals surface area contributed by atoms with Crippen LogP contribution in [0.1, 0.15) is 102 Å². The monoisotopic (exact) mass is 348 g/mol. The number of hydrogen-bond donors (Lipinski definition) is 0. The van der Waals surface area contributed by atoms with E-state index in [0.29, 0.717) is 5.92 Å². The van der Waals surface area contributed by atoms with Crippen molar-refractivity contribution in [2.75, 3.05) is 0 Å². The van der Waals surface area contributed by atoms with Crippen molar-refractivity contribution in [2.45, 2.75) is 91.4 Å². The van der Waals surface area contributed by atoms with Crippen LogP contribution in [0.4, 0.5) is 0 Å². The quantitative estimate of drug-likeness (QED) is 0.456. The molecule has 0 aliphatic heterocycles. The molecule has 0 saturated carbocycles. The molecule has 0 aromatic heterocycles.